The Morgan fingerprint density at radius 1 is 0.982 bits per heavy atom. The second-order valence-electron chi connectivity index (χ2n) is 13.6. The molecular formula is C40H30F4N4O8S. The van der Waals surface area contributed by atoms with E-state index in [-0.39, 0.29) is 60.0 Å². The molecule has 1 N–H and O–H groups in total. The normalized spacial score (nSPS) is 21.0. The van der Waals surface area contributed by atoms with Gasteiger partial charge in [0.15, 0.2) is 28.6 Å². The van der Waals surface area contributed by atoms with E-state index in [1.165, 1.54) is 62.4 Å². The molecule has 0 spiro atoms. The number of methoxy groups -OCH3 is 2. The highest BCUT2D eigenvalue weighted by atomic mass is 32.2. The third-order valence-electron chi connectivity index (χ3n) is 10.5. The molecule has 1 aliphatic carbocycles. The fourth-order valence-electron chi connectivity index (χ4n) is 7.76. The Labute approximate surface area is 325 Å². The average Bonchev–Trinajstić information content (AvgIpc) is 3.52. The molecule has 292 valence electrons. The van der Waals surface area contributed by atoms with Crippen molar-refractivity contribution >= 4 is 34.5 Å². The quantitative estimate of drug-likeness (QED) is 0.0786. The second-order valence-corrected chi connectivity index (χ2v) is 14.7. The van der Waals surface area contributed by atoms with Crippen molar-refractivity contribution in [1.29, 1.82) is 0 Å². The largest absolute Gasteiger partial charge is 0.493 e. The van der Waals surface area contributed by atoms with Crippen molar-refractivity contribution in [2.75, 3.05) is 39.5 Å². The second kappa shape index (κ2) is 13.8. The zero-order valence-electron chi connectivity index (χ0n) is 30.0. The number of esters is 1. The minimum atomic E-state index is -4.64. The maximum atomic E-state index is 15.0. The molecule has 0 bridgehead atoms. The molecule has 0 saturated carbocycles. The molecule has 4 aliphatic rings. The van der Waals surface area contributed by atoms with Crippen LogP contribution in [-0.4, -0.2) is 51.4 Å². The highest BCUT2D eigenvalue weighted by Crippen LogP contribution is 2.60. The number of ether oxygens (including phenoxy) is 6. The van der Waals surface area contributed by atoms with Crippen LogP contribution in [0.1, 0.15) is 39.0 Å². The van der Waals surface area contributed by atoms with E-state index in [1.54, 1.807) is 12.1 Å². The van der Waals surface area contributed by atoms with Gasteiger partial charge in [0.1, 0.15) is 17.9 Å². The van der Waals surface area contributed by atoms with Crippen LogP contribution >= 0.6 is 11.8 Å². The number of hydrogen-bond donors (Lipinski definition) is 1. The van der Waals surface area contributed by atoms with Gasteiger partial charge < -0.3 is 38.2 Å². The third kappa shape index (κ3) is 6.18. The van der Waals surface area contributed by atoms with Crippen LogP contribution in [-0.2, 0) is 21.7 Å². The molecular weight excluding hydrogens is 773 g/mol. The van der Waals surface area contributed by atoms with E-state index in [9.17, 15) is 22.4 Å². The molecule has 1 saturated heterocycles. The maximum Gasteiger partial charge on any atom is 0.442 e. The van der Waals surface area contributed by atoms with Crippen LogP contribution in [0.25, 0.3) is 11.1 Å². The molecule has 4 heterocycles. The van der Waals surface area contributed by atoms with E-state index < -0.39 is 40.7 Å². The van der Waals surface area contributed by atoms with E-state index in [0.29, 0.717) is 39.9 Å². The van der Waals surface area contributed by atoms with Crippen LogP contribution in [0.3, 0.4) is 0 Å². The topological polar surface area (TPSA) is 135 Å². The number of carbonyl (C=O) groups excluding carboxylic acids is 1. The molecule has 0 radical (unpaired) electrons. The molecule has 17 heteroatoms. The Kier molecular flexibility index (Phi) is 8.83. The molecule has 1 fully saturated rings. The van der Waals surface area contributed by atoms with Gasteiger partial charge >= 0.3 is 17.8 Å². The fourth-order valence-corrected chi connectivity index (χ4v) is 9.02. The number of thioether (sulfide) groups is 1. The van der Waals surface area contributed by atoms with Gasteiger partial charge in [0.25, 0.3) is 5.22 Å². The van der Waals surface area contributed by atoms with E-state index in [0.717, 1.165) is 11.1 Å². The molecule has 4 atom stereocenters. The zero-order chi connectivity index (χ0) is 39.6. The van der Waals surface area contributed by atoms with Gasteiger partial charge in [-0.1, -0.05) is 41.9 Å². The molecule has 5 aromatic rings. The van der Waals surface area contributed by atoms with E-state index in [4.69, 9.17) is 39.3 Å². The summed E-state index contributed by atoms with van der Waals surface area (Å²) in [6.07, 6.45) is 0.810. The van der Waals surface area contributed by atoms with Crippen molar-refractivity contribution in [2.24, 2.45) is 22.1 Å². The number of nitrogens with zero attached hydrogens (tertiary/aromatic N) is 3. The number of nitrogens with one attached hydrogen (secondary N) is 1. The highest BCUT2D eigenvalue weighted by molar-refractivity contribution is 7.99. The van der Waals surface area contributed by atoms with Gasteiger partial charge in [0, 0.05) is 41.3 Å². The monoisotopic (exact) mass is 802 g/mol. The van der Waals surface area contributed by atoms with Gasteiger partial charge in [-0.3, -0.25) is 4.79 Å². The van der Waals surface area contributed by atoms with Crippen molar-refractivity contribution < 1.29 is 55.2 Å². The molecule has 12 nitrogen and oxygen atoms in total. The van der Waals surface area contributed by atoms with Gasteiger partial charge in [0.2, 0.25) is 12.5 Å². The Morgan fingerprint density at radius 3 is 2.33 bits per heavy atom. The van der Waals surface area contributed by atoms with Gasteiger partial charge in [-0.25, -0.2) is 9.37 Å². The Balaban J connectivity index is 1.05. The number of terminal acetylenes is 1. The highest BCUT2D eigenvalue weighted by Gasteiger charge is 2.65. The Bertz CT molecular complexity index is 2470. The molecule has 57 heavy (non-hydrogen) atoms. The summed E-state index contributed by atoms with van der Waals surface area (Å²) in [4.78, 5) is 18.4. The average molecular weight is 803 g/mol. The molecule has 0 amide bonds. The van der Waals surface area contributed by atoms with Crippen molar-refractivity contribution in [1.82, 2.24) is 4.98 Å². The minimum absolute atomic E-state index is 0.0191. The van der Waals surface area contributed by atoms with Gasteiger partial charge in [-0.2, -0.15) is 13.2 Å². The summed E-state index contributed by atoms with van der Waals surface area (Å²) in [6, 6.07) is 15.5. The van der Waals surface area contributed by atoms with E-state index >= 15 is 0 Å². The lowest BCUT2D eigenvalue weighted by molar-refractivity contribution is -0.166. The SMILES string of the molecule is C#CCOc1c(OC)cc([C@@H]2c3cc4c(cc3[C@@H](Sc3nc5cc(F)cc(NCc6ccc(C7(C(F)(F)F)N=N7)cc6)c5o3)[C@H]3COC(=O)[C@H]23)OCO4)cc1OC. The smallest absolute Gasteiger partial charge is 0.442 e. The lowest BCUT2D eigenvalue weighted by Crippen LogP contribution is -2.33. The predicted octanol–water partition coefficient (Wildman–Crippen LogP) is 8.29. The summed E-state index contributed by atoms with van der Waals surface area (Å²) in [5.41, 5.74) is 1.10. The van der Waals surface area contributed by atoms with Crippen LogP contribution < -0.4 is 29.0 Å². The summed E-state index contributed by atoms with van der Waals surface area (Å²) < 4.78 is 96.2. The Hall–Kier alpha value is -6.15. The number of carbonyl (C=O) groups is 1. The van der Waals surface area contributed by atoms with Crippen LogP contribution in [0.5, 0.6) is 28.7 Å². The van der Waals surface area contributed by atoms with E-state index in [1.807, 2.05) is 12.1 Å². The third-order valence-corrected chi connectivity index (χ3v) is 11.7. The number of hydrogen-bond acceptors (Lipinski definition) is 13. The number of halogens is 4. The summed E-state index contributed by atoms with van der Waals surface area (Å²) in [5, 5.41) is 9.38. The minimum Gasteiger partial charge on any atom is -0.493 e. The lowest BCUT2D eigenvalue weighted by Gasteiger charge is -2.38. The van der Waals surface area contributed by atoms with Gasteiger partial charge in [0.05, 0.1) is 32.4 Å². The summed E-state index contributed by atoms with van der Waals surface area (Å²) in [7, 11) is 2.99. The standard InChI is InChI=1S/C40H30F4N4O8S/c1-4-9-52-35-30(50-2)10-20(11-31(35)51-3)32-23-14-28-29(55-18-54-28)15-24(23)36(25-17-53-37(49)33(25)32)57-38-46-27-13-22(41)12-26(34(27)56-38)45-16-19-5-7-21(8-6-19)39(47-48-39)40(42,43)44/h1,5-8,10-15,25,32-33,36,45H,9,16-18H2,2-3H3/t25-,32+,33-,36+/m0/s1. The van der Waals surface area contributed by atoms with Crippen LogP contribution in [0, 0.1) is 30.0 Å². The van der Waals surface area contributed by atoms with Crippen molar-refractivity contribution in [2.45, 2.75) is 34.8 Å². The number of benzene rings is 4. The van der Waals surface area contributed by atoms with Gasteiger partial charge in [-0.15, -0.1) is 16.7 Å². The number of fused-ring (bicyclic) bond motifs is 4. The first-order valence-corrected chi connectivity index (χ1v) is 18.4. The van der Waals surface area contributed by atoms with Crippen molar-refractivity contribution in [3.63, 3.8) is 0 Å². The summed E-state index contributed by atoms with van der Waals surface area (Å²) >= 11 is 1.27. The van der Waals surface area contributed by atoms with Crippen molar-refractivity contribution in [3.05, 3.63) is 94.3 Å². The fraction of sp³-hybridized carbons (Fsp3) is 0.300. The number of rotatable bonds is 11. The number of oxazole rings is 1. The van der Waals surface area contributed by atoms with E-state index in [2.05, 4.69) is 26.4 Å². The molecule has 0 unspecified atom stereocenters. The first-order valence-electron chi connectivity index (χ1n) is 17.5. The lowest BCUT2D eigenvalue weighted by atomic mass is 9.67. The molecule has 4 aromatic carbocycles. The van der Waals surface area contributed by atoms with Crippen molar-refractivity contribution in [3.8, 4) is 41.1 Å². The predicted molar refractivity (Wildman–Crippen MR) is 195 cm³/mol. The number of alkyl halides is 3. The number of cyclic esters (lactones) is 1. The van der Waals surface area contributed by atoms with Crippen LogP contribution in [0.2, 0.25) is 0 Å². The summed E-state index contributed by atoms with van der Waals surface area (Å²) in [5.74, 6) is 1.98. The zero-order valence-corrected chi connectivity index (χ0v) is 30.8. The first kappa shape index (κ1) is 36.5. The summed E-state index contributed by atoms with van der Waals surface area (Å²) in [6.45, 7) is 0.245. The van der Waals surface area contributed by atoms with Crippen LogP contribution in [0.15, 0.2) is 80.5 Å². The number of aromatic nitrogens is 1. The first-order chi connectivity index (χ1) is 27.5. The Morgan fingerprint density at radius 2 is 1.68 bits per heavy atom. The molecule has 1 aromatic heterocycles. The number of anilines is 1. The molecule has 3 aliphatic heterocycles. The van der Waals surface area contributed by atoms with Gasteiger partial charge in [-0.05, 0) is 46.5 Å². The van der Waals surface area contributed by atoms with Crippen LogP contribution in [0.4, 0.5) is 23.2 Å². The maximum absolute atomic E-state index is 15.0. The molecule has 9 rings (SSSR count).